The first-order valence-corrected chi connectivity index (χ1v) is 19.4. The molecule has 2 atom stereocenters. The summed E-state index contributed by atoms with van der Waals surface area (Å²) in [5.74, 6) is 0. The van der Waals surface area contributed by atoms with Crippen molar-refractivity contribution in [2.45, 2.75) is 14.7 Å². The average molecular weight is 541 g/mol. The molecule has 1 aliphatic carbocycles. The molecule has 0 amide bonds. The third-order valence-corrected chi connectivity index (χ3v) is 16.6. The van der Waals surface area contributed by atoms with E-state index in [1.54, 1.807) is 5.56 Å². The number of hydrogen-bond acceptors (Lipinski definition) is 0. The van der Waals surface area contributed by atoms with Gasteiger partial charge in [-0.25, -0.2) is 0 Å². The van der Waals surface area contributed by atoms with Gasteiger partial charge in [0.1, 0.15) is 0 Å². The van der Waals surface area contributed by atoms with Crippen LogP contribution in [-0.2, 0) is 16.1 Å². The van der Waals surface area contributed by atoms with Crippen molar-refractivity contribution < 1.29 is 16.1 Å². The molecule has 4 aromatic rings. The molecular weight excluding hydrogens is 503 g/mol. The summed E-state index contributed by atoms with van der Waals surface area (Å²) < 4.78 is 0.717. The van der Waals surface area contributed by atoms with Crippen LogP contribution in [0.2, 0.25) is 10.5 Å². The molecule has 1 aliphatic rings. The zero-order valence-corrected chi connectivity index (χ0v) is 23.2. The second kappa shape index (κ2) is 13.1. The van der Waals surface area contributed by atoms with Crippen molar-refractivity contribution in [2.75, 3.05) is 0 Å². The van der Waals surface area contributed by atoms with E-state index in [4.69, 9.17) is 0 Å². The molecule has 182 valence electrons. The quantitative estimate of drug-likeness (QED) is 0.133. The summed E-state index contributed by atoms with van der Waals surface area (Å²) in [7, 11) is 0. The topological polar surface area (TPSA) is 0 Å². The minimum atomic E-state index is -1.88. The normalized spacial score (nSPS) is 13.9. The molecule has 0 saturated carbocycles. The van der Waals surface area contributed by atoms with Crippen LogP contribution in [0.3, 0.4) is 0 Å². The summed E-state index contributed by atoms with van der Waals surface area (Å²) in [5.41, 5.74) is 7.20. The molecule has 4 aromatic carbocycles. The molecule has 5 rings (SSSR count). The maximum Gasteiger partial charge on any atom is -0.0149 e. The molecule has 0 spiro atoms. The third-order valence-electron chi connectivity index (χ3n) is 6.43. The Morgan fingerprint density at radius 1 is 0.639 bits per heavy atom. The second-order valence-electron chi connectivity index (χ2n) is 9.37. The Bertz CT molecular complexity index is 1260. The fourth-order valence-corrected chi connectivity index (χ4v) is 14.3. The van der Waals surface area contributed by atoms with E-state index in [-0.39, 0.29) is 11.0 Å². The Morgan fingerprint density at radius 2 is 1.08 bits per heavy atom. The molecule has 0 heterocycles. The molecule has 0 aromatic heterocycles. The van der Waals surface area contributed by atoms with Crippen LogP contribution in [0.5, 0.6) is 0 Å². The van der Waals surface area contributed by atoms with Crippen LogP contribution >= 0.6 is 6.57 Å². The van der Waals surface area contributed by atoms with Crippen molar-refractivity contribution in [3.05, 3.63) is 157 Å². The summed E-state index contributed by atoms with van der Waals surface area (Å²) in [6, 6.07) is 40.2. The Morgan fingerprint density at radius 3 is 1.61 bits per heavy atom. The van der Waals surface area contributed by atoms with E-state index in [0.717, 1.165) is 33.1 Å². The van der Waals surface area contributed by atoms with E-state index in [9.17, 15) is 0 Å². The van der Waals surface area contributed by atoms with Gasteiger partial charge in [-0.2, -0.15) is 0 Å². The molecule has 0 aliphatic heterocycles. The van der Waals surface area contributed by atoms with Gasteiger partial charge in [0.25, 0.3) is 0 Å². The summed E-state index contributed by atoms with van der Waals surface area (Å²) >= 11 is -1.88. The number of benzene rings is 4. The Labute approximate surface area is 226 Å². The van der Waals surface area contributed by atoms with Crippen LogP contribution < -0.4 is 5.30 Å². The maximum atomic E-state index is 4.10. The smallest absolute Gasteiger partial charge is 0.0149 e. The first kappa shape index (κ1) is 28.0. The summed E-state index contributed by atoms with van der Waals surface area (Å²) in [6.45, 7) is 9.22. The van der Waals surface area contributed by atoms with Crippen LogP contribution in [0, 0.1) is 0 Å². The number of hydrogen-bond donors (Lipinski definition) is 0. The monoisotopic (exact) mass is 540 g/mol. The Kier molecular flexibility index (Phi) is 10.2. The standard InChI is InChI=1S/C16H14.C9H7.C6H6P.2CH3.H4Si.Ti/c1-13(15-9-5-3-6-10-15)14(2)16-11-7-4-8-12-16;1-2-5-9-7-3-6-8(9)4-1;7-6-4-2-1-3-5-6;;;;/h3-12H,1-2H2;1-7H;1-5,7H;2*1H3;1H4;/q;;-1;;;;+1. The maximum absolute atomic E-state index is 4.10. The number of fused-ring (bicyclic) bond motifs is 1. The van der Waals surface area contributed by atoms with Crippen molar-refractivity contribution in [2.24, 2.45) is 0 Å². The molecule has 2 unspecified atom stereocenters. The third kappa shape index (κ3) is 7.03. The fourth-order valence-electron chi connectivity index (χ4n) is 4.48. The summed E-state index contributed by atoms with van der Waals surface area (Å²) in [5, 5.41) is 6.68. The van der Waals surface area contributed by atoms with Gasteiger partial charge in [-0.15, -0.1) is 0 Å². The van der Waals surface area contributed by atoms with Crippen molar-refractivity contribution in [3.63, 3.8) is 0 Å². The van der Waals surface area contributed by atoms with E-state index < -0.39 is 16.1 Å². The zero-order chi connectivity index (χ0) is 24.7. The molecular formula is C33H37PSiTi. The Hall–Kier alpha value is -2.54. The molecule has 0 bridgehead atoms. The molecule has 0 nitrogen and oxygen atoms in total. The van der Waals surface area contributed by atoms with E-state index in [1.165, 1.54) is 10.9 Å². The molecule has 0 radical (unpaired) electrons. The van der Waals surface area contributed by atoms with Gasteiger partial charge in [-0.1, -0.05) is 73.8 Å². The molecule has 0 N–H and O–H groups in total. The minimum absolute atomic E-state index is 0. The van der Waals surface area contributed by atoms with Gasteiger partial charge in [-0.3, -0.25) is 0 Å². The van der Waals surface area contributed by atoms with Crippen LogP contribution in [0.15, 0.2) is 134 Å². The van der Waals surface area contributed by atoms with Crippen molar-refractivity contribution in [1.82, 2.24) is 0 Å². The van der Waals surface area contributed by atoms with E-state index in [2.05, 4.69) is 115 Å². The number of rotatable bonds is 6. The molecule has 0 fully saturated rings. The summed E-state index contributed by atoms with van der Waals surface area (Å²) in [4.78, 5) is 0. The fraction of sp³-hybridized carbons (Fsp3) is 0.0909. The van der Waals surface area contributed by atoms with Crippen molar-refractivity contribution in [1.29, 1.82) is 0 Å². The zero-order valence-electron chi connectivity index (χ0n) is 20.6. The van der Waals surface area contributed by atoms with Crippen molar-refractivity contribution in [3.8, 4) is 0 Å². The van der Waals surface area contributed by atoms with Gasteiger partial charge in [0.15, 0.2) is 0 Å². The molecule has 36 heavy (non-hydrogen) atoms. The van der Waals surface area contributed by atoms with Crippen molar-refractivity contribution >= 4 is 40.1 Å². The molecule has 0 saturated heterocycles. The first-order valence-electron chi connectivity index (χ1n) is 12.0. The first-order chi connectivity index (χ1) is 17.0. The Balaban J connectivity index is 0.000000198. The van der Waals surface area contributed by atoms with Crippen LogP contribution in [0.25, 0.3) is 17.2 Å². The van der Waals surface area contributed by atoms with Gasteiger partial charge in [0.2, 0.25) is 0 Å². The van der Waals surface area contributed by atoms with Gasteiger partial charge in [0.05, 0.1) is 0 Å². The van der Waals surface area contributed by atoms with E-state index in [0.29, 0.717) is 0 Å². The second-order valence-corrected chi connectivity index (χ2v) is 23.0. The van der Waals surface area contributed by atoms with E-state index >= 15 is 0 Å². The van der Waals surface area contributed by atoms with Gasteiger partial charge >= 0.3 is 121 Å². The van der Waals surface area contributed by atoms with E-state index in [1.807, 2.05) is 36.4 Å². The van der Waals surface area contributed by atoms with Gasteiger partial charge in [0, 0.05) is 0 Å². The summed E-state index contributed by atoms with van der Waals surface area (Å²) in [6.07, 6.45) is 4.78. The van der Waals surface area contributed by atoms with Crippen LogP contribution in [-0.4, -0.2) is 11.0 Å². The van der Waals surface area contributed by atoms with Crippen LogP contribution in [0.4, 0.5) is 0 Å². The predicted octanol–water partition coefficient (Wildman–Crippen LogP) is 7.89. The SMILES string of the molecule is C=C(C(=C)c1ccccc1)c1ccccc1.[CH3][Ti]([CH3])([PH]c1ccccc1)[CH]1C=Cc2ccccc21.[SiH4]. The average Bonchev–Trinajstić information content (AvgIpc) is 3.35. The minimum Gasteiger partial charge on any atom is -0.0149 e. The molecule has 3 heteroatoms. The van der Waals surface area contributed by atoms with Crippen LogP contribution in [0.1, 0.15) is 26.5 Å². The number of allylic oxidation sites excluding steroid dienone is 3. The predicted molar refractivity (Wildman–Crippen MR) is 167 cm³/mol. The van der Waals surface area contributed by atoms with Gasteiger partial charge in [-0.05, 0) is 33.2 Å². The largest absolute Gasteiger partial charge is 0.0149 e. The van der Waals surface area contributed by atoms with Gasteiger partial charge < -0.3 is 0 Å².